The Morgan fingerprint density at radius 1 is 1.06 bits per heavy atom. The van der Waals surface area contributed by atoms with Crippen LogP contribution in [0.25, 0.3) is 0 Å². The molecule has 0 spiro atoms. The van der Waals surface area contributed by atoms with Gasteiger partial charge in [0.15, 0.2) is 0 Å². The lowest BCUT2D eigenvalue weighted by molar-refractivity contribution is 0.0989. The second-order valence-corrected chi connectivity index (χ2v) is 4.28. The zero-order valence-electron chi connectivity index (χ0n) is 10.4. The van der Waals surface area contributed by atoms with E-state index in [1.807, 2.05) is 12.1 Å². The van der Waals surface area contributed by atoms with E-state index in [1.165, 1.54) is 12.1 Å². The minimum Gasteiger partial charge on any atom is -0.496 e. The minimum atomic E-state index is -1.22. The van der Waals surface area contributed by atoms with E-state index in [2.05, 4.69) is 0 Å². The van der Waals surface area contributed by atoms with Crippen molar-refractivity contribution >= 4 is 0 Å². The molecular weight excluding hydrogens is 231 g/mol. The molecule has 0 aliphatic carbocycles. The van der Waals surface area contributed by atoms with Gasteiger partial charge in [0.2, 0.25) is 0 Å². The molecule has 2 aromatic carbocycles. The summed E-state index contributed by atoms with van der Waals surface area (Å²) in [5.41, 5.74) is 0.0489. The molecule has 1 N–H and O–H groups in total. The Kier molecular flexibility index (Phi) is 3.34. The van der Waals surface area contributed by atoms with Crippen molar-refractivity contribution in [3.05, 3.63) is 65.5 Å². The van der Waals surface area contributed by atoms with E-state index in [0.717, 1.165) is 0 Å². The van der Waals surface area contributed by atoms with Crippen LogP contribution >= 0.6 is 0 Å². The molecule has 0 amide bonds. The Labute approximate surface area is 106 Å². The maximum Gasteiger partial charge on any atom is 0.125 e. The normalized spacial score (nSPS) is 14.0. The van der Waals surface area contributed by atoms with E-state index in [9.17, 15) is 9.50 Å². The van der Waals surface area contributed by atoms with Gasteiger partial charge in [-0.05, 0) is 30.7 Å². The molecule has 2 nitrogen and oxygen atoms in total. The van der Waals surface area contributed by atoms with Gasteiger partial charge in [0, 0.05) is 5.56 Å². The molecule has 1 atom stereocenters. The van der Waals surface area contributed by atoms with Crippen molar-refractivity contribution in [2.75, 3.05) is 7.11 Å². The third kappa shape index (κ3) is 2.22. The Bertz CT molecular complexity index is 532. The number of halogens is 1. The summed E-state index contributed by atoms with van der Waals surface area (Å²) in [5.74, 6) is 0.279. The third-order valence-electron chi connectivity index (χ3n) is 3.04. The highest BCUT2D eigenvalue weighted by atomic mass is 19.1. The van der Waals surface area contributed by atoms with Crippen LogP contribution in [-0.2, 0) is 5.60 Å². The molecule has 2 aromatic rings. The van der Waals surface area contributed by atoms with Crippen LogP contribution in [0.15, 0.2) is 48.5 Å². The van der Waals surface area contributed by atoms with Crippen molar-refractivity contribution < 1.29 is 14.2 Å². The molecule has 0 fully saturated rings. The fourth-order valence-corrected chi connectivity index (χ4v) is 1.98. The van der Waals surface area contributed by atoms with Gasteiger partial charge in [-0.25, -0.2) is 4.39 Å². The van der Waals surface area contributed by atoms with E-state index in [-0.39, 0.29) is 5.82 Å². The molecule has 2 rings (SSSR count). The topological polar surface area (TPSA) is 29.5 Å². The van der Waals surface area contributed by atoms with Crippen molar-refractivity contribution in [2.24, 2.45) is 0 Å². The lowest BCUT2D eigenvalue weighted by atomic mass is 9.87. The van der Waals surface area contributed by atoms with Crippen LogP contribution in [0.1, 0.15) is 18.1 Å². The van der Waals surface area contributed by atoms with Crippen molar-refractivity contribution in [1.29, 1.82) is 0 Å². The first-order valence-corrected chi connectivity index (χ1v) is 5.67. The maximum absolute atomic E-state index is 12.9. The van der Waals surface area contributed by atoms with Crippen molar-refractivity contribution in [1.82, 2.24) is 0 Å². The molecule has 94 valence electrons. The fourth-order valence-electron chi connectivity index (χ4n) is 1.98. The van der Waals surface area contributed by atoms with Crippen molar-refractivity contribution in [3.8, 4) is 5.75 Å². The summed E-state index contributed by atoms with van der Waals surface area (Å²) in [7, 11) is 1.56. The molecule has 0 bridgehead atoms. The predicted molar refractivity (Wildman–Crippen MR) is 68.1 cm³/mol. The first-order valence-electron chi connectivity index (χ1n) is 5.67. The molecule has 0 heterocycles. The SMILES string of the molecule is COc1ccccc1C(C)(O)c1ccc(F)cc1. The van der Waals surface area contributed by atoms with Crippen LogP contribution in [-0.4, -0.2) is 12.2 Å². The van der Waals surface area contributed by atoms with Gasteiger partial charge in [-0.15, -0.1) is 0 Å². The van der Waals surface area contributed by atoms with E-state index in [1.54, 1.807) is 38.3 Å². The van der Waals surface area contributed by atoms with E-state index in [4.69, 9.17) is 4.74 Å². The number of rotatable bonds is 3. The number of aliphatic hydroxyl groups is 1. The molecule has 0 radical (unpaired) electrons. The Morgan fingerprint density at radius 2 is 1.67 bits per heavy atom. The van der Waals surface area contributed by atoms with Gasteiger partial charge in [0.1, 0.15) is 17.2 Å². The Morgan fingerprint density at radius 3 is 2.28 bits per heavy atom. The Balaban J connectivity index is 2.50. The number of benzene rings is 2. The van der Waals surface area contributed by atoms with E-state index >= 15 is 0 Å². The van der Waals surface area contributed by atoms with Gasteiger partial charge in [-0.3, -0.25) is 0 Å². The summed E-state index contributed by atoms with van der Waals surface area (Å²) < 4.78 is 18.2. The highest BCUT2D eigenvalue weighted by Crippen LogP contribution is 2.35. The van der Waals surface area contributed by atoms with Gasteiger partial charge >= 0.3 is 0 Å². The summed E-state index contributed by atoms with van der Waals surface area (Å²) in [4.78, 5) is 0. The van der Waals surface area contributed by atoms with Crippen LogP contribution in [0.5, 0.6) is 5.75 Å². The smallest absolute Gasteiger partial charge is 0.125 e. The first-order chi connectivity index (χ1) is 8.55. The summed E-state index contributed by atoms with van der Waals surface area (Å²) in [6.45, 7) is 1.66. The van der Waals surface area contributed by atoms with Crippen LogP contribution in [0, 0.1) is 5.82 Å². The van der Waals surface area contributed by atoms with Crippen LogP contribution in [0.4, 0.5) is 4.39 Å². The number of hydrogen-bond donors (Lipinski definition) is 1. The highest BCUT2D eigenvalue weighted by Gasteiger charge is 2.28. The largest absolute Gasteiger partial charge is 0.496 e. The molecule has 0 saturated heterocycles. The van der Waals surface area contributed by atoms with Gasteiger partial charge in [0.05, 0.1) is 7.11 Å². The molecule has 0 saturated carbocycles. The lowest BCUT2D eigenvalue weighted by Crippen LogP contribution is -2.23. The number of ether oxygens (including phenoxy) is 1. The van der Waals surface area contributed by atoms with Crippen LogP contribution < -0.4 is 4.74 Å². The first kappa shape index (κ1) is 12.6. The summed E-state index contributed by atoms with van der Waals surface area (Å²) in [6.07, 6.45) is 0. The number of methoxy groups -OCH3 is 1. The second-order valence-electron chi connectivity index (χ2n) is 4.28. The monoisotopic (exact) mass is 246 g/mol. The van der Waals surface area contributed by atoms with Crippen molar-refractivity contribution in [2.45, 2.75) is 12.5 Å². The van der Waals surface area contributed by atoms with Crippen LogP contribution in [0.3, 0.4) is 0 Å². The molecule has 1 unspecified atom stereocenters. The third-order valence-corrected chi connectivity index (χ3v) is 3.04. The molecule has 18 heavy (non-hydrogen) atoms. The number of para-hydroxylation sites is 1. The average molecular weight is 246 g/mol. The highest BCUT2D eigenvalue weighted by molar-refractivity contribution is 5.44. The fraction of sp³-hybridized carbons (Fsp3) is 0.200. The van der Waals surface area contributed by atoms with E-state index < -0.39 is 5.60 Å². The van der Waals surface area contributed by atoms with Gasteiger partial charge in [-0.2, -0.15) is 0 Å². The van der Waals surface area contributed by atoms with Crippen LogP contribution in [0.2, 0.25) is 0 Å². The zero-order valence-corrected chi connectivity index (χ0v) is 10.4. The van der Waals surface area contributed by atoms with Gasteiger partial charge in [-0.1, -0.05) is 30.3 Å². The molecular formula is C15H15FO2. The average Bonchev–Trinajstić information content (AvgIpc) is 2.39. The molecule has 0 aliphatic rings. The molecule has 0 aromatic heterocycles. The van der Waals surface area contributed by atoms with Gasteiger partial charge < -0.3 is 9.84 Å². The molecule has 0 aliphatic heterocycles. The Hall–Kier alpha value is -1.87. The zero-order chi connectivity index (χ0) is 13.2. The quantitative estimate of drug-likeness (QED) is 0.901. The molecule has 3 heteroatoms. The van der Waals surface area contributed by atoms with Gasteiger partial charge in [0.25, 0.3) is 0 Å². The lowest BCUT2D eigenvalue weighted by Gasteiger charge is -2.26. The maximum atomic E-state index is 12.9. The second kappa shape index (κ2) is 4.78. The summed E-state index contributed by atoms with van der Waals surface area (Å²) in [5, 5.41) is 10.7. The standard InChI is InChI=1S/C15H15FO2/c1-15(17,11-7-9-12(16)10-8-11)13-5-3-4-6-14(13)18-2/h3-10,17H,1-2H3. The van der Waals surface area contributed by atoms with Crippen molar-refractivity contribution in [3.63, 3.8) is 0 Å². The summed E-state index contributed by atoms with van der Waals surface area (Å²) in [6, 6.07) is 13.1. The minimum absolute atomic E-state index is 0.324. The van der Waals surface area contributed by atoms with E-state index in [0.29, 0.717) is 16.9 Å². The number of hydrogen-bond acceptors (Lipinski definition) is 2. The predicted octanol–water partition coefficient (Wildman–Crippen LogP) is 3.09. The summed E-state index contributed by atoms with van der Waals surface area (Å²) >= 11 is 0.